The van der Waals surface area contributed by atoms with Gasteiger partial charge in [0.1, 0.15) is 11.4 Å². The summed E-state index contributed by atoms with van der Waals surface area (Å²) < 4.78 is 10.4. The van der Waals surface area contributed by atoms with Gasteiger partial charge in [0.15, 0.2) is 5.13 Å². The van der Waals surface area contributed by atoms with E-state index in [-0.39, 0.29) is 5.97 Å². The number of nitrogens with zero attached hydrogens (tertiary/aromatic N) is 1. The van der Waals surface area contributed by atoms with E-state index in [1.54, 1.807) is 32.9 Å². The molecule has 0 aliphatic rings. The van der Waals surface area contributed by atoms with E-state index in [1.807, 2.05) is 17.5 Å². The molecule has 8 heteroatoms. The van der Waals surface area contributed by atoms with Crippen LogP contribution in [-0.4, -0.2) is 22.6 Å². The van der Waals surface area contributed by atoms with Crippen LogP contribution in [0.3, 0.4) is 0 Å². The highest BCUT2D eigenvalue weighted by Gasteiger charge is 2.22. The molecule has 0 fully saturated rings. The Balaban J connectivity index is 2.13. The number of nitrogen functional groups attached to an aromatic ring is 1. The summed E-state index contributed by atoms with van der Waals surface area (Å²) in [6.45, 7) is 6.75. The average Bonchev–Trinajstić information content (AvgIpc) is 2.92. The maximum absolute atomic E-state index is 12.2. The number of nitrogens with two attached hydrogens (primary N) is 1. The van der Waals surface area contributed by atoms with Gasteiger partial charge in [-0.05, 0) is 44.9 Å². The lowest BCUT2D eigenvalue weighted by atomic mass is 10.0. The predicted octanol–water partition coefficient (Wildman–Crippen LogP) is 3.46. The van der Waals surface area contributed by atoms with Crippen LogP contribution in [0, 0.1) is 0 Å². The first-order valence-corrected chi connectivity index (χ1v) is 8.98. The van der Waals surface area contributed by atoms with Gasteiger partial charge in [-0.15, -0.1) is 11.3 Å². The molecule has 1 aromatic heterocycles. The summed E-state index contributed by atoms with van der Waals surface area (Å²) in [6, 6.07) is 6.68. The molecule has 1 atom stereocenters. The number of carbonyl (C=O) groups is 2. The molecule has 0 aliphatic heterocycles. The zero-order chi connectivity index (χ0) is 19.3. The summed E-state index contributed by atoms with van der Waals surface area (Å²) in [5.41, 5.74) is 6.74. The SMILES string of the molecule is CC(=O)Oc1ccc(C[C@H](NC(=O)OC(C)(C)C)c2csc(N)n2)cc1. The van der Waals surface area contributed by atoms with E-state index in [2.05, 4.69) is 10.3 Å². The molecule has 7 nitrogen and oxygen atoms in total. The highest BCUT2D eigenvalue weighted by atomic mass is 32.1. The first-order valence-electron chi connectivity index (χ1n) is 8.10. The Hall–Kier alpha value is -2.61. The number of aromatic nitrogens is 1. The van der Waals surface area contributed by atoms with Crippen LogP contribution in [0.5, 0.6) is 5.75 Å². The first kappa shape index (κ1) is 19.7. The van der Waals surface area contributed by atoms with E-state index in [9.17, 15) is 9.59 Å². The standard InChI is InChI=1S/C18H23N3O4S/c1-11(22)24-13-7-5-12(6-8-13)9-14(15-10-26-16(19)20-15)21-17(23)25-18(2,3)4/h5-8,10,14H,9H2,1-4H3,(H2,19,20)(H,21,23)/t14-/m0/s1. The van der Waals surface area contributed by atoms with Crippen molar-refractivity contribution in [2.45, 2.75) is 45.8 Å². The molecule has 2 rings (SSSR count). The lowest BCUT2D eigenvalue weighted by Gasteiger charge is -2.23. The molecule has 0 radical (unpaired) electrons. The van der Waals surface area contributed by atoms with Crippen molar-refractivity contribution in [3.63, 3.8) is 0 Å². The fourth-order valence-electron chi connectivity index (χ4n) is 2.24. The number of ether oxygens (including phenoxy) is 2. The fourth-order valence-corrected chi connectivity index (χ4v) is 2.85. The predicted molar refractivity (Wildman–Crippen MR) is 100 cm³/mol. The number of hydrogen-bond acceptors (Lipinski definition) is 7. The lowest BCUT2D eigenvalue weighted by molar-refractivity contribution is -0.131. The summed E-state index contributed by atoms with van der Waals surface area (Å²) in [7, 11) is 0. The molecule has 0 bridgehead atoms. The third kappa shape index (κ3) is 6.36. The molecule has 0 aliphatic carbocycles. The highest BCUT2D eigenvalue weighted by Crippen LogP contribution is 2.24. The van der Waals surface area contributed by atoms with Gasteiger partial charge in [-0.1, -0.05) is 12.1 Å². The van der Waals surface area contributed by atoms with Gasteiger partial charge in [0.2, 0.25) is 0 Å². The Labute approximate surface area is 156 Å². The van der Waals surface area contributed by atoms with Crippen LogP contribution in [0.4, 0.5) is 9.93 Å². The van der Waals surface area contributed by atoms with Crippen molar-refractivity contribution >= 4 is 28.5 Å². The Bertz CT molecular complexity index is 765. The molecule has 1 aromatic carbocycles. The van der Waals surface area contributed by atoms with E-state index in [1.165, 1.54) is 18.3 Å². The van der Waals surface area contributed by atoms with Gasteiger partial charge in [-0.25, -0.2) is 9.78 Å². The zero-order valence-corrected chi connectivity index (χ0v) is 16.1. The Morgan fingerprint density at radius 2 is 1.92 bits per heavy atom. The van der Waals surface area contributed by atoms with E-state index in [0.717, 1.165) is 5.56 Å². The number of hydrogen-bond donors (Lipinski definition) is 2. The van der Waals surface area contributed by atoms with Gasteiger partial charge < -0.3 is 20.5 Å². The molecule has 1 amide bonds. The van der Waals surface area contributed by atoms with E-state index in [0.29, 0.717) is 23.0 Å². The number of alkyl carbamates (subject to hydrolysis) is 1. The quantitative estimate of drug-likeness (QED) is 0.611. The van der Waals surface area contributed by atoms with E-state index >= 15 is 0 Å². The maximum Gasteiger partial charge on any atom is 0.408 e. The third-order valence-electron chi connectivity index (χ3n) is 3.21. The van der Waals surface area contributed by atoms with Crippen molar-refractivity contribution in [2.75, 3.05) is 5.73 Å². The Kier molecular flexibility index (Phi) is 6.20. The minimum absolute atomic E-state index is 0.375. The van der Waals surface area contributed by atoms with Gasteiger partial charge in [-0.2, -0.15) is 0 Å². The Morgan fingerprint density at radius 1 is 1.27 bits per heavy atom. The van der Waals surface area contributed by atoms with Crippen molar-refractivity contribution in [2.24, 2.45) is 0 Å². The number of carbonyl (C=O) groups excluding carboxylic acids is 2. The Morgan fingerprint density at radius 3 is 2.42 bits per heavy atom. The molecule has 0 spiro atoms. The largest absolute Gasteiger partial charge is 0.444 e. The van der Waals surface area contributed by atoms with Crippen LogP contribution in [-0.2, 0) is 16.0 Å². The smallest absolute Gasteiger partial charge is 0.408 e. The van der Waals surface area contributed by atoms with Crippen LogP contribution >= 0.6 is 11.3 Å². The monoisotopic (exact) mass is 377 g/mol. The van der Waals surface area contributed by atoms with Crippen LogP contribution < -0.4 is 15.8 Å². The zero-order valence-electron chi connectivity index (χ0n) is 15.2. The molecule has 0 saturated heterocycles. The number of amides is 1. The van der Waals surface area contributed by atoms with Crippen molar-refractivity contribution < 1.29 is 19.1 Å². The number of nitrogens with one attached hydrogen (secondary N) is 1. The van der Waals surface area contributed by atoms with Crippen LogP contribution in [0.1, 0.15) is 45.0 Å². The normalized spacial score (nSPS) is 12.3. The summed E-state index contributed by atoms with van der Waals surface area (Å²) in [6.07, 6.45) is -0.0337. The van der Waals surface area contributed by atoms with Crippen molar-refractivity contribution in [3.8, 4) is 5.75 Å². The molecule has 2 aromatic rings. The maximum atomic E-state index is 12.2. The van der Waals surface area contributed by atoms with Gasteiger partial charge in [-0.3, -0.25) is 4.79 Å². The summed E-state index contributed by atoms with van der Waals surface area (Å²) >= 11 is 1.31. The number of anilines is 1. The molecular weight excluding hydrogens is 354 g/mol. The fraction of sp³-hybridized carbons (Fsp3) is 0.389. The molecule has 140 valence electrons. The van der Waals surface area contributed by atoms with Gasteiger partial charge in [0, 0.05) is 12.3 Å². The average molecular weight is 377 g/mol. The molecule has 1 heterocycles. The van der Waals surface area contributed by atoms with E-state index in [4.69, 9.17) is 15.2 Å². The van der Waals surface area contributed by atoms with Crippen LogP contribution in [0.2, 0.25) is 0 Å². The van der Waals surface area contributed by atoms with Gasteiger partial charge in [0.05, 0.1) is 11.7 Å². The second kappa shape index (κ2) is 8.18. The summed E-state index contributed by atoms with van der Waals surface area (Å²) in [5, 5.41) is 5.08. The van der Waals surface area contributed by atoms with E-state index < -0.39 is 17.7 Å². The number of benzene rings is 1. The van der Waals surface area contributed by atoms with Crippen molar-refractivity contribution in [1.82, 2.24) is 10.3 Å². The second-order valence-electron chi connectivity index (χ2n) is 6.75. The number of esters is 1. The van der Waals surface area contributed by atoms with Crippen LogP contribution in [0.25, 0.3) is 0 Å². The summed E-state index contributed by atoms with van der Waals surface area (Å²) in [5.74, 6) is 0.0935. The minimum Gasteiger partial charge on any atom is -0.444 e. The molecule has 26 heavy (non-hydrogen) atoms. The minimum atomic E-state index is -0.596. The first-order chi connectivity index (χ1) is 12.1. The molecular formula is C18H23N3O4S. The van der Waals surface area contributed by atoms with Crippen molar-refractivity contribution in [1.29, 1.82) is 0 Å². The lowest BCUT2D eigenvalue weighted by Crippen LogP contribution is -2.36. The summed E-state index contributed by atoms with van der Waals surface area (Å²) in [4.78, 5) is 27.4. The van der Waals surface area contributed by atoms with Crippen molar-refractivity contribution in [3.05, 3.63) is 40.9 Å². The molecule has 0 unspecified atom stereocenters. The van der Waals surface area contributed by atoms with Gasteiger partial charge in [0.25, 0.3) is 0 Å². The highest BCUT2D eigenvalue weighted by molar-refractivity contribution is 7.13. The third-order valence-corrected chi connectivity index (χ3v) is 3.90. The molecule has 0 saturated carbocycles. The number of thiazole rings is 1. The van der Waals surface area contributed by atoms with Crippen LogP contribution in [0.15, 0.2) is 29.6 Å². The second-order valence-corrected chi connectivity index (χ2v) is 7.64. The van der Waals surface area contributed by atoms with Gasteiger partial charge >= 0.3 is 12.1 Å². The molecule has 3 N–H and O–H groups in total. The number of rotatable bonds is 5. The topological polar surface area (TPSA) is 104 Å².